The van der Waals surface area contributed by atoms with E-state index in [9.17, 15) is 9.59 Å². The van der Waals surface area contributed by atoms with Gasteiger partial charge in [-0.25, -0.2) is 4.68 Å². The summed E-state index contributed by atoms with van der Waals surface area (Å²) in [6.07, 6.45) is 3.91. The van der Waals surface area contributed by atoms with E-state index in [-0.39, 0.29) is 12.1 Å². The maximum absolute atomic E-state index is 12.0. The monoisotopic (exact) mass is 279 g/mol. The van der Waals surface area contributed by atoms with Crippen LogP contribution in [0.25, 0.3) is 0 Å². The SMILES string of the molecule is CC1CCN(c2cnn(CC(C)C(=O)O)c(=O)c2)CC1. The third-order valence-electron chi connectivity index (χ3n) is 3.87. The molecule has 0 bridgehead atoms. The highest BCUT2D eigenvalue weighted by molar-refractivity contribution is 5.69. The molecule has 6 heteroatoms. The largest absolute Gasteiger partial charge is 0.481 e. The van der Waals surface area contributed by atoms with Gasteiger partial charge in [0.15, 0.2) is 0 Å². The van der Waals surface area contributed by atoms with Crippen LogP contribution >= 0.6 is 0 Å². The normalized spacial score (nSPS) is 18.0. The van der Waals surface area contributed by atoms with Crippen LogP contribution in [-0.4, -0.2) is 33.9 Å². The summed E-state index contributed by atoms with van der Waals surface area (Å²) in [5.74, 6) is -0.814. The second kappa shape index (κ2) is 6.07. The summed E-state index contributed by atoms with van der Waals surface area (Å²) < 4.78 is 1.22. The second-order valence-electron chi connectivity index (χ2n) is 5.64. The highest BCUT2D eigenvalue weighted by atomic mass is 16.4. The van der Waals surface area contributed by atoms with Gasteiger partial charge >= 0.3 is 5.97 Å². The van der Waals surface area contributed by atoms with E-state index in [2.05, 4.69) is 16.9 Å². The zero-order chi connectivity index (χ0) is 14.7. The Kier molecular flexibility index (Phi) is 4.42. The minimum absolute atomic E-state index is 0.103. The molecule has 0 amide bonds. The zero-order valence-corrected chi connectivity index (χ0v) is 12.0. The molecule has 1 aliphatic heterocycles. The fraction of sp³-hybridized carbons (Fsp3) is 0.643. The van der Waals surface area contributed by atoms with Crippen LogP contribution in [0.3, 0.4) is 0 Å². The Morgan fingerprint density at radius 2 is 2.15 bits per heavy atom. The summed E-state index contributed by atoms with van der Waals surface area (Å²) in [4.78, 5) is 25.0. The number of carboxylic acids is 1. The van der Waals surface area contributed by atoms with E-state index in [0.29, 0.717) is 0 Å². The fourth-order valence-corrected chi connectivity index (χ4v) is 2.34. The molecule has 1 saturated heterocycles. The molecule has 110 valence electrons. The van der Waals surface area contributed by atoms with Gasteiger partial charge in [0.05, 0.1) is 24.3 Å². The number of anilines is 1. The first-order valence-corrected chi connectivity index (χ1v) is 7.02. The molecular formula is C14H21N3O3. The number of aromatic nitrogens is 2. The van der Waals surface area contributed by atoms with Crippen LogP contribution in [0, 0.1) is 11.8 Å². The van der Waals surface area contributed by atoms with Gasteiger partial charge in [-0.2, -0.15) is 5.10 Å². The molecule has 2 heterocycles. The molecule has 1 N–H and O–H groups in total. The molecule has 1 fully saturated rings. The first kappa shape index (κ1) is 14.6. The molecular weight excluding hydrogens is 258 g/mol. The van der Waals surface area contributed by atoms with Crippen LogP contribution in [0.4, 0.5) is 5.69 Å². The lowest BCUT2D eigenvalue weighted by Gasteiger charge is -2.31. The molecule has 0 spiro atoms. The smallest absolute Gasteiger partial charge is 0.308 e. The Labute approximate surface area is 118 Å². The van der Waals surface area contributed by atoms with Crippen LogP contribution in [0.15, 0.2) is 17.1 Å². The maximum Gasteiger partial charge on any atom is 0.308 e. The predicted molar refractivity (Wildman–Crippen MR) is 75.9 cm³/mol. The molecule has 0 saturated carbocycles. The lowest BCUT2D eigenvalue weighted by atomic mass is 9.99. The summed E-state index contributed by atoms with van der Waals surface area (Å²) in [6.45, 7) is 5.79. The predicted octanol–water partition coefficient (Wildman–Crippen LogP) is 1.20. The maximum atomic E-state index is 12.0. The molecule has 0 radical (unpaired) electrons. The number of hydrogen-bond acceptors (Lipinski definition) is 4. The van der Waals surface area contributed by atoms with Crippen LogP contribution in [0.2, 0.25) is 0 Å². The Morgan fingerprint density at radius 1 is 1.50 bits per heavy atom. The van der Waals surface area contributed by atoms with Crippen molar-refractivity contribution in [3.63, 3.8) is 0 Å². The highest BCUT2D eigenvalue weighted by Gasteiger charge is 2.18. The molecule has 1 aromatic heterocycles. The van der Waals surface area contributed by atoms with Crippen molar-refractivity contribution in [1.82, 2.24) is 9.78 Å². The number of aliphatic carboxylic acids is 1. The van der Waals surface area contributed by atoms with Crippen molar-refractivity contribution >= 4 is 11.7 Å². The number of carbonyl (C=O) groups is 1. The molecule has 1 aliphatic rings. The Hall–Kier alpha value is -1.85. The molecule has 1 unspecified atom stereocenters. The molecule has 0 aliphatic carbocycles. The van der Waals surface area contributed by atoms with Crippen LogP contribution in [-0.2, 0) is 11.3 Å². The van der Waals surface area contributed by atoms with Gasteiger partial charge < -0.3 is 10.0 Å². The lowest BCUT2D eigenvalue weighted by Crippen LogP contribution is -2.35. The minimum Gasteiger partial charge on any atom is -0.481 e. The summed E-state index contributed by atoms with van der Waals surface area (Å²) in [5.41, 5.74) is 0.593. The molecule has 2 rings (SSSR count). The standard InChI is InChI=1S/C14H21N3O3/c1-10-3-5-16(6-4-10)12-7-13(18)17(15-8-12)9-11(2)14(19)20/h7-8,10-11H,3-6,9H2,1-2H3,(H,19,20). The number of carboxylic acid groups (broad SMARTS) is 1. The van der Waals surface area contributed by atoms with E-state index in [0.717, 1.165) is 37.5 Å². The topological polar surface area (TPSA) is 75.4 Å². The van der Waals surface area contributed by atoms with Crippen LogP contribution in [0.1, 0.15) is 26.7 Å². The molecule has 20 heavy (non-hydrogen) atoms. The average molecular weight is 279 g/mol. The van der Waals surface area contributed by atoms with Gasteiger partial charge in [-0.1, -0.05) is 13.8 Å². The number of piperidine rings is 1. The van der Waals surface area contributed by atoms with E-state index in [1.165, 1.54) is 4.68 Å². The minimum atomic E-state index is -0.923. The lowest BCUT2D eigenvalue weighted by molar-refractivity contribution is -0.141. The van der Waals surface area contributed by atoms with Gasteiger partial charge in [-0.15, -0.1) is 0 Å². The highest BCUT2D eigenvalue weighted by Crippen LogP contribution is 2.20. The number of hydrogen-bond donors (Lipinski definition) is 1. The fourth-order valence-electron chi connectivity index (χ4n) is 2.34. The van der Waals surface area contributed by atoms with E-state index in [1.54, 1.807) is 19.2 Å². The quantitative estimate of drug-likeness (QED) is 0.896. The van der Waals surface area contributed by atoms with E-state index in [4.69, 9.17) is 5.11 Å². The molecule has 1 atom stereocenters. The van der Waals surface area contributed by atoms with Gasteiger partial charge in [0.1, 0.15) is 0 Å². The first-order valence-electron chi connectivity index (χ1n) is 7.02. The first-order chi connectivity index (χ1) is 9.47. The summed E-state index contributed by atoms with van der Waals surface area (Å²) in [5, 5.41) is 13.0. The van der Waals surface area contributed by atoms with Gasteiger partial charge in [-0.3, -0.25) is 9.59 Å². The molecule has 1 aromatic rings. The van der Waals surface area contributed by atoms with E-state index < -0.39 is 11.9 Å². The van der Waals surface area contributed by atoms with Crippen molar-refractivity contribution in [2.24, 2.45) is 11.8 Å². The Morgan fingerprint density at radius 3 is 2.70 bits per heavy atom. The zero-order valence-electron chi connectivity index (χ0n) is 12.0. The average Bonchev–Trinajstić information content (AvgIpc) is 2.41. The molecule has 6 nitrogen and oxygen atoms in total. The van der Waals surface area contributed by atoms with Gasteiger partial charge in [0.2, 0.25) is 0 Å². The summed E-state index contributed by atoms with van der Waals surface area (Å²) in [7, 11) is 0. The Bertz CT molecular complexity index is 533. The van der Waals surface area contributed by atoms with E-state index in [1.807, 2.05) is 0 Å². The van der Waals surface area contributed by atoms with E-state index >= 15 is 0 Å². The van der Waals surface area contributed by atoms with Crippen molar-refractivity contribution in [3.8, 4) is 0 Å². The second-order valence-corrected chi connectivity index (χ2v) is 5.64. The summed E-state index contributed by atoms with van der Waals surface area (Å²) >= 11 is 0. The van der Waals surface area contributed by atoms with Crippen molar-refractivity contribution in [3.05, 3.63) is 22.6 Å². The van der Waals surface area contributed by atoms with Gasteiger partial charge in [0.25, 0.3) is 5.56 Å². The van der Waals surface area contributed by atoms with Gasteiger partial charge in [0, 0.05) is 19.2 Å². The summed E-state index contributed by atoms with van der Waals surface area (Å²) in [6, 6.07) is 1.55. The Balaban J connectivity index is 2.10. The van der Waals surface area contributed by atoms with Crippen molar-refractivity contribution in [1.29, 1.82) is 0 Å². The third kappa shape index (κ3) is 3.37. The third-order valence-corrected chi connectivity index (χ3v) is 3.87. The van der Waals surface area contributed by atoms with Gasteiger partial charge in [-0.05, 0) is 18.8 Å². The van der Waals surface area contributed by atoms with Crippen LogP contribution in [0.5, 0.6) is 0 Å². The van der Waals surface area contributed by atoms with Crippen molar-refractivity contribution in [2.75, 3.05) is 18.0 Å². The van der Waals surface area contributed by atoms with Crippen LogP contribution < -0.4 is 10.5 Å². The van der Waals surface area contributed by atoms with Crippen molar-refractivity contribution < 1.29 is 9.90 Å². The number of nitrogens with zero attached hydrogens (tertiary/aromatic N) is 3. The van der Waals surface area contributed by atoms with Crippen molar-refractivity contribution in [2.45, 2.75) is 33.2 Å². The number of rotatable bonds is 4. The molecule has 0 aromatic carbocycles.